The summed E-state index contributed by atoms with van der Waals surface area (Å²) in [5, 5.41) is 3.02. The van der Waals surface area contributed by atoms with Crippen LogP contribution in [0.25, 0.3) is 0 Å². The lowest BCUT2D eigenvalue weighted by Crippen LogP contribution is -2.34. The Kier molecular flexibility index (Phi) is 5.56. The lowest BCUT2D eigenvalue weighted by Gasteiger charge is -2.19. The zero-order valence-electron chi connectivity index (χ0n) is 15.1. The van der Waals surface area contributed by atoms with Crippen molar-refractivity contribution in [3.8, 4) is 5.75 Å². The number of hydrogen-bond donors (Lipinski definition) is 1. The van der Waals surface area contributed by atoms with Gasteiger partial charge in [-0.25, -0.2) is 0 Å². The van der Waals surface area contributed by atoms with Crippen molar-refractivity contribution in [3.63, 3.8) is 0 Å². The van der Waals surface area contributed by atoms with Crippen LogP contribution in [0.3, 0.4) is 0 Å². The van der Waals surface area contributed by atoms with Gasteiger partial charge in [-0.1, -0.05) is 30.3 Å². The number of benzene rings is 2. The van der Waals surface area contributed by atoms with E-state index in [1.807, 2.05) is 68.4 Å². The van der Waals surface area contributed by atoms with Gasteiger partial charge in [0.2, 0.25) is 11.8 Å². The molecule has 0 spiro atoms. The highest BCUT2D eigenvalue weighted by Gasteiger charge is 2.35. The first-order chi connectivity index (χ1) is 12.6. The first-order valence-corrected chi connectivity index (χ1v) is 8.97. The zero-order chi connectivity index (χ0) is 18.5. The molecule has 2 atom stereocenters. The second-order valence-electron chi connectivity index (χ2n) is 6.47. The Morgan fingerprint density at radius 1 is 1.19 bits per heavy atom. The van der Waals surface area contributed by atoms with Crippen LogP contribution in [0, 0.1) is 5.92 Å². The molecule has 0 radical (unpaired) electrons. The van der Waals surface area contributed by atoms with E-state index in [0.717, 1.165) is 17.0 Å². The van der Waals surface area contributed by atoms with Crippen LogP contribution in [0.2, 0.25) is 0 Å². The standard InChI is InChI=1S/C21H24N2O3/c1-3-26-19-11-9-18(10-12-19)23-14-17(13-20(23)24)21(25)22-15(2)16-7-5-4-6-8-16/h4-12,15,17H,3,13-14H2,1-2H3,(H,22,25)/t15-,17+/m0/s1. The van der Waals surface area contributed by atoms with E-state index in [9.17, 15) is 9.59 Å². The SMILES string of the molecule is CCOc1ccc(N2C[C@H](C(=O)N[C@@H](C)c3ccccc3)CC2=O)cc1. The molecule has 136 valence electrons. The Labute approximate surface area is 154 Å². The van der Waals surface area contributed by atoms with Gasteiger partial charge >= 0.3 is 0 Å². The van der Waals surface area contributed by atoms with Crippen molar-refractivity contribution >= 4 is 17.5 Å². The van der Waals surface area contributed by atoms with Gasteiger partial charge in [0, 0.05) is 18.7 Å². The molecule has 1 fully saturated rings. The smallest absolute Gasteiger partial charge is 0.227 e. The molecule has 0 aromatic heterocycles. The summed E-state index contributed by atoms with van der Waals surface area (Å²) in [6, 6.07) is 17.1. The highest BCUT2D eigenvalue weighted by atomic mass is 16.5. The van der Waals surface area contributed by atoms with Crippen LogP contribution in [0.5, 0.6) is 5.75 Å². The quantitative estimate of drug-likeness (QED) is 0.868. The summed E-state index contributed by atoms with van der Waals surface area (Å²) in [4.78, 5) is 26.6. The molecular weight excluding hydrogens is 328 g/mol. The van der Waals surface area contributed by atoms with E-state index in [0.29, 0.717) is 13.2 Å². The van der Waals surface area contributed by atoms with Crippen molar-refractivity contribution in [1.29, 1.82) is 0 Å². The molecule has 1 heterocycles. The molecule has 0 bridgehead atoms. The molecule has 1 aliphatic rings. The summed E-state index contributed by atoms with van der Waals surface area (Å²) in [5.74, 6) is 0.332. The summed E-state index contributed by atoms with van der Waals surface area (Å²) < 4.78 is 5.43. The molecule has 3 rings (SSSR count). The normalized spacial score (nSPS) is 17.8. The number of nitrogens with zero attached hydrogens (tertiary/aromatic N) is 1. The first kappa shape index (κ1) is 18.0. The number of carbonyl (C=O) groups is 2. The Morgan fingerprint density at radius 2 is 1.88 bits per heavy atom. The van der Waals surface area contributed by atoms with Crippen LogP contribution in [0.15, 0.2) is 54.6 Å². The maximum Gasteiger partial charge on any atom is 0.227 e. The predicted octanol–water partition coefficient (Wildman–Crippen LogP) is 3.32. The van der Waals surface area contributed by atoms with Gasteiger partial charge in [-0.2, -0.15) is 0 Å². The third-order valence-electron chi connectivity index (χ3n) is 4.61. The average molecular weight is 352 g/mol. The molecule has 2 aromatic rings. The fraction of sp³-hybridized carbons (Fsp3) is 0.333. The van der Waals surface area contributed by atoms with Crippen molar-refractivity contribution in [2.45, 2.75) is 26.3 Å². The van der Waals surface area contributed by atoms with Gasteiger partial charge < -0.3 is 15.0 Å². The van der Waals surface area contributed by atoms with Gasteiger partial charge in [-0.05, 0) is 43.7 Å². The van der Waals surface area contributed by atoms with Crippen molar-refractivity contribution in [2.24, 2.45) is 5.92 Å². The summed E-state index contributed by atoms with van der Waals surface area (Å²) in [6.45, 7) is 4.88. The summed E-state index contributed by atoms with van der Waals surface area (Å²) in [7, 11) is 0. The third-order valence-corrected chi connectivity index (χ3v) is 4.61. The number of anilines is 1. The zero-order valence-corrected chi connectivity index (χ0v) is 15.1. The van der Waals surface area contributed by atoms with Crippen LogP contribution in [-0.4, -0.2) is 25.0 Å². The van der Waals surface area contributed by atoms with E-state index < -0.39 is 0 Å². The molecule has 0 unspecified atom stereocenters. The molecule has 5 nitrogen and oxygen atoms in total. The highest BCUT2D eigenvalue weighted by molar-refractivity contribution is 6.00. The van der Waals surface area contributed by atoms with Crippen molar-refractivity contribution in [3.05, 3.63) is 60.2 Å². The molecule has 2 aromatic carbocycles. The molecule has 0 saturated carbocycles. The second-order valence-corrected chi connectivity index (χ2v) is 6.47. The van der Waals surface area contributed by atoms with E-state index in [-0.39, 0.29) is 30.2 Å². The Hall–Kier alpha value is -2.82. The number of amides is 2. The molecule has 5 heteroatoms. The van der Waals surface area contributed by atoms with Crippen LogP contribution in [0.1, 0.15) is 31.9 Å². The average Bonchev–Trinajstić information content (AvgIpc) is 3.05. The lowest BCUT2D eigenvalue weighted by atomic mass is 10.1. The number of hydrogen-bond acceptors (Lipinski definition) is 3. The van der Waals surface area contributed by atoms with Crippen molar-refractivity contribution < 1.29 is 14.3 Å². The van der Waals surface area contributed by atoms with Gasteiger partial charge in [-0.3, -0.25) is 9.59 Å². The van der Waals surface area contributed by atoms with E-state index >= 15 is 0 Å². The molecule has 1 N–H and O–H groups in total. The highest BCUT2D eigenvalue weighted by Crippen LogP contribution is 2.27. The lowest BCUT2D eigenvalue weighted by molar-refractivity contribution is -0.126. The van der Waals surface area contributed by atoms with Gasteiger partial charge in [0.25, 0.3) is 0 Å². The summed E-state index contributed by atoms with van der Waals surface area (Å²) >= 11 is 0. The monoisotopic (exact) mass is 352 g/mol. The van der Waals surface area contributed by atoms with Crippen molar-refractivity contribution in [2.75, 3.05) is 18.1 Å². The minimum Gasteiger partial charge on any atom is -0.494 e. The Morgan fingerprint density at radius 3 is 2.54 bits per heavy atom. The van der Waals surface area contributed by atoms with E-state index in [1.54, 1.807) is 4.90 Å². The maximum atomic E-state index is 12.6. The van der Waals surface area contributed by atoms with E-state index in [4.69, 9.17) is 4.74 Å². The largest absolute Gasteiger partial charge is 0.494 e. The Bertz CT molecular complexity index is 759. The van der Waals surface area contributed by atoms with Crippen LogP contribution < -0.4 is 15.0 Å². The van der Waals surface area contributed by atoms with E-state index in [1.165, 1.54) is 0 Å². The number of nitrogens with one attached hydrogen (secondary N) is 1. The minimum atomic E-state index is -0.333. The van der Waals surface area contributed by atoms with Gasteiger partial charge in [-0.15, -0.1) is 0 Å². The fourth-order valence-corrected chi connectivity index (χ4v) is 3.18. The van der Waals surface area contributed by atoms with Crippen LogP contribution in [-0.2, 0) is 9.59 Å². The molecule has 1 saturated heterocycles. The minimum absolute atomic E-state index is 0.0262. The molecular formula is C21H24N2O3. The molecule has 0 aliphatic carbocycles. The topological polar surface area (TPSA) is 58.6 Å². The molecule has 1 aliphatic heterocycles. The van der Waals surface area contributed by atoms with Crippen LogP contribution in [0.4, 0.5) is 5.69 Å². The number of rotatable bonds is 6. The van der Waals surface area contributed by atoms with Gasteiger partial charge in [0.1, 0.15) is 5.75 Å². The van der Waals surface area contributed by atoms with E-state index in [2.05, 4.69) is 5.32 Å². The number of ether oxygens (including phenoxy) is 1. The number of carbonyl (C=O) groups excluding carboxylic acids is 2. The summed E-state index contributed by atoms with van der Waals surface area (Å²) in [6.07, 6.45) is 0.237. The molecule has 2 amide bonds. The predicted molar refractivity (Wildman–Crippen MR) is 101 cm³/mol. The van der Waals surface area contributed by atoms with Crippen LogP contribution >= 0.6 is 0 Å². The van der Waals surface area contributed by atoms with Gasteiger partial charge in [0.05, 0.1) is 18.6 Å². The fourth-order valence-electron chi connectivity index (χ4n) is 3.18. The first-order valence-electron chi connectivity index (χ1n) is 8.97. The van der Waals surface area contributed by atoms with Crippen molar-refractivity contribution in [1.82, 2.24) is 5.32 Å². The third kappa shape index (κ3) is 4.04. The molecule has 26 heavy (non-hydrogen) atoms. The summed E-state index contributed by atoms with van der Waals surface area (Å²) in [5.41, 5.74) is 1.85. The Balaban J connectivity index is 1.62. The maximum absolute atomic E-state index is 12.6. The second kappa shape index (κ2) is 8.04. The van der Waals surface area contributed by atoms with Gasteiger partial charge in [0.15, 0.2) is 0 Å².